The van der Waals surface area contributed by atoms with Gasteiger partial charge in [0.15, 0.2) is 0 Å². The molecule has 1 N–H and O–H groups in total. The molecule has 5 heteroatoms. The minimum Gasteiger partial charge on any atom is -0.497 e. The summed E-state index contributed by atoms with van der Waals surface area (Å²) in [7, 11) is 1.67. The van der Waals surface area contributed by atoms with Crippen molar-refractivity contribution in [3.8, 4) is 5.75 Å². The van der Waals surface area contributed by atoms with E-state index in [0.29, 0.717) is 0 Å². The lowest BCUT2D eigenvalue weighted by Crippen LogP contribution is -2.31. The second-order valence-corrected chi connectivity index (χ2v) is 7.18. The SMILES string of the molecule is COc1ccc(Nc2nc(N3CCc4ccccc4C3)nc3ccccc23)cc1. The van der Waals surface area contributed by atoms with Crippen LogP contribution in [0.4, 0.5) is 17.5 Å². The molecule has 0 bridgehead atoms. The van der Waals surface area contributed by atoms with Crippen molar-refractivity contribution in [2.45, 2.75) is 13.0 Å². The number of hydrogen-bond donors (Lipinski definition) is 1. The standard InChI is InChI=1S/C24H22N4O/c1-29-20-12-10-19(11-13-20)25-23-21-8-4-5-9-22(21)26-24(27-23)28-15-14-17-6-2-3-7-18(17)16-28/h2-13H,14-16H2,1H3,(H,25,26,27). The molecule has 0 amide bonds. The highest BCUT2D eigenvalue weighted by molar-refractivity contribution is 5.91. The summed E-state index contributed by atoms with van der Waals surface area (Å²) < 4.78 is 5.26. The highest BCUT2D eigenvalue weighted by Gasteiger charge is 2.19. The lowest BCUT2D eigenvalue weighted by atomic mass is 10.0. The first-order valence-electron chi connectivity index (χ1n) is 9.80. The average molecular weight is 382 g/mol. The van der Waals surface area contributed by atoms with E-state index in [1.807, 2.05) is 42.5 Å². The molecule has 0 aliphatic carbocycles. The van der Waals surface area contributed by atoms with Crippen LogP contribution in [-0.2, 0) is 13.0 Å². The van der Waals surface area contributed by atoms with Crippen molar-refractivity contribution in [2.24, 2.45) is 0 Å². The Hall–Kier alpha value is -3.60. The van der Waals surface area contributed by atoms with Gasteiger partial charge in [-0.3, -0.25) is 0 Å². The summed E-state index contributed by atoms with van der Waals surface area (Å²) in [6.45, 7) is 1.74. The fourth-order valence-electron chi connectivity index (χ4n) is 3.78. The molecule has 0 saturated carbocycles. The van der Waals surface area contributed by atoms with Crippen LogP contribution in [-0.4, -0.2) is 23.6 Å². The average Bonchev–Trinajstić information content (AvgIpc) is 2.79. The van der Waals surface area contributed by atoms with Crippen molar-refractivity contribution in [2.75, 3.05) is 23.9 Å². The van der Waals surface area contributed by atoms with Crippen LogP contribution < -0.4 is 15.0 Å². The Morgan fingerprint density at radius 3 is 2.45 bits per heavy atom. The summed E-state index contributed by atoms with van der Waals surface area (Å²) in [6, 6.07) is 24.6. The molecular formula is C24H22N4O. The molecule has 0 spiro atoms. The second-order valence-electron chi connectivity index (χ2n) is 7.18. The van der Waals surface area contributed by atoms with Gasteiger partial charge in [0.2, 0.25) is 5.95 Å². The number of ether oxygens (including phenoxy) is 1. The maximum Gasteiger partial charge on any atom is 0.228 e. The zero-order chi connectivity index (χ0) is 19.6. The highest BCUT2D eigenvalue weighted by Crippen LogP contribution is 2.29. The number of aromatic nitrogens is 2. The Labute approximate surface area is 170 Å². The second kappa shape index (κ2) is 7.43. The summed E-state index contributed by atoms with van der Waals surface area (Å²) in [6.07, 6.45) is 1.01. The number of para-hydroxylation sites is 1. The zero-order valence-corrected chi connectivity index (χ0v) is 16.3. The smallest absolute Gasteiger partial charge is 0.228 e. The summed E-state index contributed by atoms with van der Waals surface area (Å²) in [5, 5.41) is 4.47. The Bertz CT molecular complexity index is 1160. The van der Waals surface area contributed by atoms with Crippen molar-refractivity contribution in [1.82, 2.24) is 9.97 Å². The zero-order valence-electron chi connectivity index (χ0n) is 16.3. The molecule has 5 nitrogen and oxygen atoms in total. The predicted octanol–water partition coefficient (Wildman–Crippen LogP) is 4.94. The van der Waals surface area contributed by atoms with Crippen LogP contribution in [0.5, 0.6) is 5.75 Å². The topological polar surface area (TPSA) is 50.3 Å². The number of nitrogens with one attached hydrogen (secondary N) is 1. The molecule has 0 unspecified atom stereocenters. The summed E-state index contributed by atoms with van der Waals surface area (Å²) >= 11 is 0. The third-order valence-electron chi connectivity index (χ3n) is 5.36. The summed E-state index contributed by atoms with van der Waals surface area (Å²) in [5.74, 6) is 2.40. The van der Waals surface area contributed by atoms with Crippen LogP contribution in [0, 0.1) is 0 Å². The molecule has 5 rings (SSSR count). The van der Waals surface area contributed by atoms with Gasteiger partial charge in [-0.05, 0) is 53.9 Å². The first-order valence-corrected chi connectivity index (χ1v) is 9.80. The molecule has 1 aliphatic rings. The summed E-state index contributed by atoms with van der Waals surface area (Å²) in [5.41, 5.74) is 4.67. The number of nitrogens with zero attached hydrogens (tertiary/aromatic N) is 3. The number of hydrogen-bond acceptors (Lipinski definition) is 5. The minimum absolute atomic E-state index is 0.759. The van der Waals surface area contributed by atoms with Crippen LogP contribution in [0.15, 0.2) is 72.8 Å². The van der Waals surface area contributed by atoms with Crippen molar-refractivity contribution < 1.29 is 4.74 Å². The van der Waals surface area contributed by atoms with Crippen LogP contribution in [0.25, 0.3) is 10.9 Å². The van der Waals surface area contributed by atoms with E-state index in [9.17, 15) is 0 Å². The van der Waals surface area contributed by atoms with Crippen molar-refractivity contribution >= 4 is 28.4 Å². The summed E-state index contributed by atoms with van der Waals surface area (Å²) in [4.78, 5) is 12.0. The van der Waals surface area contributed by atoms with Crippen LogP contribution >= 0.6 is 0 Å². The molecule has 0 radical (unpaired) electrons. The van der Waals surface area contributed by atoms with E-state index in [2.05, 4.69) is 40.5 Å². The van der Waals surface area contributed by atoms with Gasteiger partial charge in [0.25, 0.3) is 0 Å². The van der Waals surface area contributed by atoms with E-state index < -0.39 is 0 Å². The van der Waals surface area contributed by atoms with E-state index in [1.165, 1.54) is 11.1 Å². The van der Waals surface area contributed by atoms with E-state index in [0.717, 1.165) is 53.6 Å². The van der Waals surface area contributed by atoms with Gasteiger partial charge in [0.1, 0.15) is 11.6 Å². The maximum atomic E-state index is 5.26. The van der Waals surface area contributed by atoms with Gasteiger partial charge in [-0.15, -0.1) is 0 Å². The molecule has 144 valence electrons. The van der Waals surface area contributed by atoms with Gasteiger partial charge in [-0.2, -0.15) is 4.98 Å². The van der Waals surface area contributed by atoms with E-state index in [1.54, 1.807) is 7.11 Å². The van der Waals surface area contributed by atoms with E-state index in [-0.39, 0.29) is 0 Å². The Morgan fingerprint density at radius 2 is 1.62 bits per heavy atom. The fraction of sp³-hybridized carbons (Fsp3) is 0.167. The normalized spacial score (nSPS) is 13.2. The van der Waals surface area contributed by atoms with Gasteiger partial charge in [-0.25, -0.2) is 4.98 Å². The van der Waals surface area contributed by atoms with Gasteiger partial charge in [0.05, 0.1) is 12.6 Å². The lowest BCUT2D eigenvalue weighted by molar-refractivity contribution is 0.415. The largest absolute Gasteiger partial charge is 0.497 e. The number of methoxy groups -OCH3 is 1. The third-order valence-corrected chi connectivity index (χ3v) is 5.36. The minimum atomic E-state index is 0.759. The molecule has 0 fully saturated rings. The van der Waals surface area contributed by atoms with Crippen LogP contribution in [0.2, 0.25) is 0 Å². The Morgan fingerprint density at radius 1 is 0.862 bits per heavy atom. The predicted molar refractivity (Wildman–Crippen MR) is 117 cm³/mol. The molecule has 1 aromatic heterocycles. The van der Waals surface area contributed by atoms with Crippen LogP contribution in [0.3, 0.4) is 0 Å². The Kier molecular flexibility index (Phi) is 4.48. The Balaban J connectivity index is 1.52. The first-order chi connectivity index (χ1) is 14.3. The quantitative estimate of drug-likeness (QED) is 0.541. The van der Waals surface area contributed by atoms with Crippen molar-refractivity contribution in [3.05, 3.63) is 83.9 Å². The molecular weight excluding hydrogens is 360 g/mol. The first kappa shape index (κ1) is 17.5. The number of anilines is 3. The van der Waals surface area contributed by atoms with Crippen molar-refractivity contribution in [1.29, 1.82) is 0 Å². The maximum absolute atomic E-state index is 5.26. The van der Waals surface area contributed by atoms with E-state index in [4.69, 9.17) is 14.7 Å². The van der Waals surface area contributed by atoms with Crippen molar-refractivity contribution in [3.63, 3.8) is 0 Å². The number of benzene rings is 3. The molecule has 2 heterocycles. The van der Waals surface area contributed by atoms with Gasteiger partial charge in [0, 0.05) is 24.2 Å². The molecule has 4 aromatic rings. The van der Waals surface area contributed by atoms with Gasteiger partial charge in [-0.1, -0.05) is 36.4 Å². The molecule has 0 saturated heterocycles. The molecule has 0 atom stereocenters. The highest BCUT2D eigenvalue weighted by atomic mass is 16.5. The number of rotatable bonds is 4. The molecule has 3 aromatic carbocycles. The lowest BCUT2D eigenvalue weighted by Gasteiger charge is -2.29. The van der Waals surface area contributed by atoms with E-state index >= 15 is 0 Å². The van der Waals surface area contributed by atoms with Gasteiger partial charge < -0.3 is 15.0 Å². The molecule has 29 heavy (non-hydrogen) atoms. The fourth-order valence-corrected chi connectivity index (χ4v) is 3.78. The third kappa shape index (κ3) is 3.47. The number of fused-ring (bicyclic) bond motifs is 2. The van der Waals surface area contributed by atoms with Gasteiger partial charge >= 0.3 is 0 Å². The monoisotopic (exact) mass is 382 g/mol. The van der Waals surface area contributed by atoms with Crippen LogP contribution in [0.1, 0.15) is 11.1 Å². The molecule has 1 aliphatic heterocycles.